The number of aromatic amines is 1. The lowest BCUT2D eigenvalue weighted by molar-refractivity contribution is -0.118. The van der Waals surface area contributed by atoms with Gasteiger partial charge < -0.3 is 20.9 Å². The van der Waals surface area contributed by atoms with Gasteiger partial charge in [-0.3, -0.25) is 14.4 Å². The van der Waals surface area contributed by atoms with Crippen molar-refractivity contribution in [2.75, 3.05) is 13.1 Å². The zero-order chi connectivity index (χ0) is 22.8. The van der Waals surface area contributed by atoms with E-state index in [2.05, 4.69) is 15.3 Å². The lowest BCUT2D eigenvalue weighted by atomic mass is 10.0. The summed E-state index contributed by atoms with van der Waals surface area (Å²) in [5.41, 5.74) is 8.45. The second-order valence-electron chi connectivity index (χ2n) is 8.01. The quantitative estimate of drug-likeness (QED) is 0.530. The highest BCUT2D eigenvalue weighted by atomic mass is 35.5. The average Bonchev–Trinajstić information content (AvgIpc) is 3.42. The Balaban J connectivity index is 1.55. The van der Waals surface area contributed by atoms with Gasteiger partial charge in [-0.25, -0.2) is 4.98 Å². The van der Waals surface area contributed by atoms with Crippen molar-refractivity contribution in [2.24, 2.45) is 5.73 Å². The highest BCUT2D eigenvalue weighted by Crippen LogP contribution is 2.23. The Morgan fingerprint density at radius 3 is 2.62 bits per heavy atom. The molecule has 9 heteroatoms. The zero-order valence-electron chi connectivity index (χ0n) is 17.7. The van der Waals surface area contributed by atoms with Crippen LogP contribution in [0.5, 0.6) is 0 Å². The van der Waals surface area contributed by atoms with Crippen molar-refractivity contribution in [3.05, 3.63) is 63.9 Å². The van der Waals surface area contributed by atoms with Gasteiger partial charge in [-0.05, 0) is 61.7 Å². The number of carbonyl (C=O) groups excluding carboxylic acids is 3. The number of carbonyl (C=O) groups is 3. The third-order valence-electron chi connectivity index (χ3n) is 5.62. The number of rotatable bonds is 6. The molecule has 4 rings (SSSR count). The molecule has 2 heterocycles. The monoisotopic (exact) mass is 453 g/mol. The van der Waals surface area contributed by atoms with Crippen molar-refractivity contribution in [3.63, 3.8) is 0 Å². The number of imidazole rings is 1. The summed E-state index contributed by atoms with van der Waals surface area (Å²) in [4.78, 5) is 46.7. The Kier molecular flexibility index (Phi) is 6.14. The van der Waals surface area contributed by atoms with Crippen molar-refractivity contribution in [1.29, 1.82) is 0 Å². The number of nitrogens with one attached hydrogen (secondary N) is 2. The van der Waals surface area contributed by atoms with Crippen molar-refractivity contribution < 1.29 is 14.4 Å². The summed E-state index contributed by atoms with van der Waals surface area (Å²) in [6.45, 7) is 3.33. The lowest BCUT2D eigenvalue weighted by Crippen LogP contribution is -2.33. The Labute approximate surface area is 190 Å². The van der Waals surface area contributed by atoms with Crippen LogP contribution >= 0.6 is 11.6 Å². The zero-order valence-corrected chi connectivity index (χ0v) is 18.4. The molecule has 0 bridgehead atoms. The molecule has 2 aromatic carbocycles. The molecule has 3 aromatic rings. The number of hydrogen-bond donors (Lipinski definition) is 3. The molecule has 1 aliphatic rings. The molecule has 1 aromatic heterocycles. The number of nitrogens with zero attached hydrogens (tertiary/aromatic N) is 2. The van der Waals surface area contributed by atoms with Gasteiger partial charge in [-0.15, -0.1) is 0 Å². The van der Waals surface area contributed by atoms with Gasteiger partial charge in [0.2, 0.25) is 5.91 Å². The Morgan fingerprint density at radius 1 is 1.19 bits per heavy atom. The number of primary amides is 1. The molecule has 1 aliphatic heterocycles. The molecule has 166 valence electrons. The maximum Gasteiger partial charge on any atom is 0.254 e. The minimum atomic E-state index is -0.739. The normalized spacial score (nSPS) is 14.5. The number of aryl methyl sites for hydroxylation is 1. The van der Waals surface area contributed by atoms with Crippen LogP contribution in [0.2, 0.25) is 5.02 Å². The molecular formula is C23H24ClN5O3. The van der Waals surface area contributed by atoms with Crippen LogP contribution in [0.25, 0.3) is 11.0 Å². The first-order valence-corrected chi connectivity index (χ1v) is 10.8. The summed E-state index contributed by atoms with van der Waals surface area (Å²) in [7, 11) is 0. The Bertz CT molecular complexity index is 1200. The molecular weight excluding hydrogens is 430 g/mol. The van der Waals surface area contributed by atoms with E-state index in [4.69, 9.17) is 17.3 Å². The number of hydrogen-bond acceptors (Lipinski definition) is 4. The molecule has 4 N–H and O–H groups in total. The van der Waals surface area contributed by atoms with Gasteiger partial charge in [-0.1, -0.05) is 11.6 Å². The van der Waals surface area contributed by atoms with E-state index in [-0.39, 0.29) is 12.3 Å². The minimum absolute atomic E-state index is 0.0144. The van der Waals surface area contributed by atoms with E-state index in [1.165, 1.54) is 0 Å². The molecule has 0 spiro atoms. The summed E-state index contributed by atoms with van der Waals surface area (Å²) in [5, 5.41) is 3.37. The first-order chi connectivity index (χ1) is 15.3. The third-order valence-corrected chi connectivity index (χ3v) is 5.85. The van der Waals surface area contributed by atoms with Crippen molar-refractivity contribution in [2.45, 2.75) is 32.2 Å². The van der Waals surface area contributed by atoms with Gasteiger partial charge in [-0.2, -0.15) is 0 Å². The number of aromatic nitrogens is 2. The molecule has 32 heavy (non-hydrogen) atoms. The number of H-pyrrole nitrogens is 1. The van der Waals surface area contributed by atoms with Crippen LogP contribution in [-0.2, 0) is 4.79 Å². The van der Waals surface area contributed by atoms with Crippen LogP contribution in [0.3, 0.4) is 0 Å². The van der Waals surface area contributed by atoms with E-state index in [0.29, 0.717) is 33.0 Å². The van der Waals surface area contributed by atoms with Gasteiger partial charge in [0.1, 0.15) is 5.82 Å². The Hall–Kier alpha value is -3.39. The summed E-state index contributed by atoms with van der Waals surface area (Å²) in [5.74, 6) is -0.569. The topological polar surface area (TPSA) is 121 Å². The maximum absolute atomic E-state index is 12.9. The van der Waals surface area contributed by atoms with E-state index < -0.39 is 17.9 Å². The number of amides is 3. The molecule has 8 nitrogen and oxygen atoms in total. The smallest absolute Gasteiger partial charge is 0.254 e. The molecule has 3 amide bonds. The first kappa shape index (κ1) is 21.8. The van der Waals surface area contributed by atoms with Gasteiger partial charge in [0.15, 0.2) is 0 Å². The second kappa shape index (κ2) is 9.00. The van der Waals surface area contributed by atoms with Crippen molar-refractivity contribution in [3.8, 4) is 0 Å². The number of likely N-dealkylation sites (tertiary alicyclic amines) is 1. The van der Waals surface area contributed by atoms with Crippen LogP contribution in [-0.4, -0.2) is 45.7 Å². The van der Waals surface area contributed by atoms with Crippen LogP contribution < -0.4 is 11.1 Å². The van der Waals surface area contributed by atoms with E-state index in [1.807, 2.05) is 11.8 Å². The minimum Gasteiger partial charge on any atom is -0.370 e. The number of fused-ring (bicyclic) bond motifs is 1. The fraction of sp³-hybridized carbons (Fsp3) is 0.304. The molecule has 0 aliphatic carbocycles. The predicted octanol–water partition coefficient (Wildman–Crippen LogP) is 3.11. The highest BCUT2D eigenvalue weighted by Gasteiger charge is 2.24. The second-order valence-corrected chi connectivity index (χ2v) is 8.45. The van der Waals surface area contributed by atoms with Crippen LogP contribution in [0.15, 0.2) is 36.4 Å². The number of halogens is 1. The van der Waals surface area contributed by atoms with E-state index >= 15 is 0 Å². The molecule has 0 saturated carbocycles. The summed E-state index contributed by atoms with van der Waals surface area (Å²) in [6, 6.07) is 9.42. The van der Waals surface area contributed by atoms with E-state index in [0.717, 1.165) is 31.5 Å². The van der Waals surface area contributed by atoms with Gasteiger partial charge in [0, 0.05) is 29.2 Å². The van der Waals surface area contributed by atoms with Crippen molar-refractivity contribution in [1.82, 2.24) is 20.2 Å². The van der Waals surface area contributed by atoms with Gasteiger partial charge in [0.25, 0.3) is 11.8 Å². The SMILES string of the molecule is Cc1cc(C(=O)N[C@@H](CC(N)=O)c2nc3ccc(Cl)cc3[nH]2)ccc1C(=O)N1CCCC1. The molecule has 0 unspecified atom stereocenters. The standard InChI is InChI=1S/C23H24ClN5O3/c1-13-10-14(4-6-16(13)23(32)29-8-2-3-9-29)22(31)28-19(12-20(25)30)21-26-17-7-5-15(24)11-18(17)27-21/h4-7,10-11,19H,2-3,8-9,12H2,1H3,(H2,25,30)(H,26,27)(H,28,31)/t19-/m0/s1. The lowest BCUT2D eigenvalue weighted by Gasteiger charge is -2.18. The largest absolute Gasteiger partial charge is 0.370 e. The van der Waals surface area contributed by atoms with E-state index in [9.17, 15) is 14.4 Å². The molecule has 0 radical (unpaired) electrons. The average molecular weight is 454 g/mol. The number of benzene rings is 2. The summed E-state index contributed by atoms with van der Waals surface area (Å²) in [6.07, 6.45) is 1.91. The molecule has 1 saturated heterocycles. The predicted molar refractivity (Wildman–Crippen MR) is 121 cm³/mol. The molecule has 1 fully saturated rings. The fourth-order valence-corrected chi connectivity index (χ4v) is 4.13. The Morgan fingerprint density at radius 2 is 1.94 bits per heavy atom. The van der Waals surface area contributed by atoms with Crippen LogP contribution in [0, 0.1) is 6.92 Å². The fourth-order valence-electron chi connectivity index (χ4n) is 3.96. The summed E-state index contributed by atoms with van der Waals surface area (Å²) < 4.78 is 0. The third kappa shape index (κ3) is 4.60. The first-order valence-electron chi connectivity index (χ1n) is 10.5. The van der Waals surface area contributed by atoms with Gasteiger partial charge in [0.05, 0.1) is 23.5 Å². The van der Waals surface area contributed by atoms with Gasteiger partial charge >= 0.3 is 0 Å². The van der Waals surface area contributed by atoms with Crippen molar-refractivity contribution >= 4 is 40.4 Å². The highest BCUT2D eigenvalue weighted by molar-refractivity contribution is 6.31. The molecule has 1 atom stereocenters. The maximum atomic E-state index is 12.9. The van der Waals surface area contributed by atoms with E-state index in [1.54, 1.807) is 36.4 Å². The summed E-state index contributed by atoms with van der Waals surface area (Å²) >= 11 is 6.03. The number of nitrogens with two attached hydrogens (primary N) is 1. The van der Waals surface area contributed by atoms with Crippen LogP contribution in [0.1, 0.15) is 57.4 Å². The van der Waals surface area contributed by atoms with Crippen LogP contribution in [0.4, 0.5) is 0 Å².